The Kier molecular flexibility index (Phi) is 4.91. The van der Waals surface area contributed by atoms with Gasteiger partial charge in [0.15, 0.2) is 16.7 Å². The Hall–Kier alpha value is -1.45. The lowest BCUT2D eigenvalue weighted by Gasteiger charge is -2.27. The molecule has 144 valence electrons. The third-order valence-corrected chi connectivity index (χ3v) is 6.65. The number of halogens is 1. The largest absolute Gasteiger partial charge is 0.486 e. The number of anilines is 1. The summed E-state index contributed by atoms with van der Waals surface area (Å²) < 4.78 is 20.2. The number of hydrogen-bond donors (Lipinski definition) is 0. The molecule has 0 N–H and O–H groups in total. The number of nitrogens with zero attached hydrogens (tertiary/aromatic N) is 4. The molecule has 0 spiro atoms. The van der Waals surface area contributed by atoms with E-state index >= 15 is 0 Å². The molecule has 1 aromatic heterocycles. The van der Waals surface area contributed by atoms with E-state index in [1.165, 1.54) is 18.4 Å². The highest BCUT2D eigenvalue weighted by Gasteiger charge is 2.32. The molecule has 27 heavy (non-hydrogen) atoms. The minimum Gasteiger partial charge on any atom is -0.486 e. The van der Waals surface area contributed by atoms with Gasteiger partial charge in [0.25, 0.3) is 0 Å². The first-order chi connectivity index (χ1) is 13.3. The van der Waals surface area contributed by atoms with Crippen LogP contribution in [0.15, 0.2) is 21.8 Å². The lowest BCUT2D eigenvalue weighted by Crippen LogP contribution is -2.38. The number of hydrogen-bond acceptors (Lipinski definition) is 7. The van der Waals surface area contributed by atoms with Crippen molar-refractivity contribution in [3.8, 4) is 11.5 Å². The Morgan fingerprint density at radius 3 is 2.52 bits per heavy atom. The molecule has 1 aromatic carbocycles. The van der Waals surface area contributed by atoms with E-state index in [1.54, 1.807) is 11.8 Å². The van der Waals surface area contributed by atoms with Crippen molar-refractivity contribution in [2.24, 2.45) is 0 Å². The predicted octanol–water partition coefficient (Wildman–Crippen LogP) is 3.28. The van der Waals surface area contributed by atoms with E-state index in [0.717, 1.165) is 59.1 Å². The molecule has 0 bridgehead atoms. The monoisotopic (exact) mass is 452 g/mol. The molecule has 3 aliphatic rings. The zero-order valence-corrected chi connectivity index (χ0v) is 17.3. The first kappa shape index (κ1) is 17.6. The molecule has 1 aliphatic carbocycles. The van der Waals surface area contributed by atoms with Crippen molar-refractivity contribution in [3.05, 3.63) is 22.2 Å². The van der Waals surface area contributed by atoms with Gasteiger partial charge in [-0.25, -0.2) is 0 Å². The molecular formula is C18H21BrN4O3S. The van der Waals surface area contributed by atoms with Crippen molar-refractivity contribution in [1.29, 1.82) is 0 Å². The summed E-state index contributed by atoms with van der Waals surface area (Å²) in [6.45, 7) is 4.46. The Labute approximate surface area is 170 Å². The van der Waals surface area contributed by atoms with Gasteiger partial charge in [0.2, 0.25) is 5.95 Å². The smallest absolute Gasteiger partial charge is 0.228 e. The van der Waals surface area contributed by atoms with Gasteiger partial charge in [-0.1, -0.05) is 27.7 Å². The number of benzene rings is 1. The molecule has 2 fully saturated rings. The highest BCUT2D eigenvalue weighted by molar-refractivity contribution is 9.10. The van der Waals surface area contributed by atoms with Gasteiger partial charge in [-0.2, -0.15) is 0 Å². The first-order valence-electron chi connectivity index (χ1n) is 9.28. The fraction of sp³-hybridized carbons (Fsp3) is 0.556. The summed E-state index contributed by atoms with van der Waals surface area (Å²) >= 11 is 5.39. The molecule has 3 heterocycles. The van der Waals surface area contributed by atoms with Crippen LogP contribution in [0.25, 0.3) is 0 Å². The van der Waals surface area contributed by atoms with Crippen molar-refractivity contribution >= 4 is 33.6 Å². The van der Waals surface area contributed by atoms with Crippen molar-refractivity contribution in [2.45, 2.75) is 29.8 Å². The van der Waals surface area contributed by atoms with Gasteiger partial charge >= 0.3 is 0 Å². The van der Waals surface area contributed by atoms with E-state index in [0.29, 0.717) is 19.3 Å². The molecule has 1 saturated heterocycles. The standard InChI is InChI=1S/C18H21BrN4O3S/c19-14-10-16-15(25-7-8-26-16)9-12(14)11-27-18-21-20-17(23(18)13-1-2-13)22-3-5-24-6-4-22/h9-10,13H,1-8,11H2. The van der Waals surface area contributed by atoms with Crippen molar-refractivity contribution in [3.63, 3.8) is 0 Å². The Morgan fingerprint density at radius 2 is 1.78 bits per heavy atom. The Morgan fingerprint density at radius 1 is 1.04 bits per heavy atom. The van der Waals surface area contributed by atoms with Crippen molar-refractivity contribution < 1.29 is 14.2 Å². The van der Waals surface area contributed by atoms with E-state index in [-0.39, 0.29) is 0 Å². The molecule has 2 aliphatic heterocycles. The summed E-state index contributed by atoms with van der Waals surface area (Å²) in [7, 11) is 0. The van der Waals surface area contributed by atoms with E-state index < -0.39 is 0 Å². The second-order valence-electron chi connectivity index (χ2n) is 6.86. The highest BCUT2D eigenvalue weighted by Crippen LogP contribution is 2.42. The first-order valence-corrected chi connectivity index (χ1v) is 11.1. The van der Waals surface area contributed by atoms with Gasteiger partial charge in [-0.05, 0) is 30.5 Å². The summed E-state index contributed by atoms with van der Waals surface area (Å²) in [5.74, 6) is 3.41. The molecular weight excluding hydrogens is 432 g/mol. The van der Waals surface area contributed by atoms with Crippen LogP contribution in [0, 0.1) is 0 Å². The third kappa shape index (κ3) is 3.64. The molecule has 0 amide bonds. The minimum absolute atomic E-state index is 0.532. The lowest BCUT2D eigenvalue weighted by atomic mass is 10.2. The number of fused-ring (bicyclic) bond motifs is 1. The van der Waals surface area contributed by atoms with E-state index in [9.17, 15) is 0 Å². The second-order valence-corrected chi connectivity index (χ2v) is 8.66. The third-order valence-electron chi connectivity index (χ3n) is 4.92. The molecule has 7 nitrogen and oxygen atoms in total. The van der Waals surface area contributed by atoms with Crippen LogP contribution in [0.4, 0.5) is 5.95 Å². The van der Waals surface area contributed by atoms with Crippen LogP contribution in [0.2, 0.25) is 0 Å². The van der Waals surface area contributed by atoms with Gasteiger partial charge < -0.3 is 19.1 Å². The molecule has 2 aromatic rings. The van der Waals surface area contributed by atoms with Crippen LogP contribution in [0.5, 0.6) is 11.5 Å². The van der Waals surface area contributed by atoms with Crippen LogP contribution >= 0.6 is 27.7 Å². The highest BCUT2D eigenvalue weighted by atomic mass is 79.9. The van der Waals surface area contributed by atoms with Crippen LogP contribution < -0.4 is 14.4 Å². The Balaban J connectivity index is 1.36. The quantitative estimate of drug-likeness (QED) is 0.644. The summed E-state index contributed by atoms with van der Waals surface area (Å²) in [5.41, 5.74) is 1.17. The number of thioether (sulfide) groups is 1. The molecule has 0 unspecified atom stereocenters. The van der Waals surface area contributed by atoms with E-state index in [2.05, 4.69) is 41.7 Å². The number of aromatic nitrogens is 3. The zero-order valence-electron chi connectivity index (χ0n) is 14.9. The van der Waals surface area contributed by atoms with Gasteiger partial charge in [0.05, 0.1) is 13.2 Å². The van der Waals surface area contributed by atoms with Crippen molar-refractivity contribution in [2.75, 3.05) is 44.4 Å². The van der Waals surface area contributed by atoms with Gasteiger partial charge in [-0.3, -0.25) is 4.57 Å². The average molecular weight is 453 g/mol. The maximum absolute atomic E-state index is 5.72. The van der Waals surface area contributed by atoms with Crippen LogP contribution in [0.1, 0.15) is 24.4 Å². The molecule has 1 saturated carbocycles. The summed E-state index contributed by atoms with van der Waals surface area (Å²) in [6, 6.07) is 4.59. The van der Waals surface area contributed by atoms with Gasteiger partial charge in [0.1, 0.15) is 13.2 Å². The number of ether oxygens (including phenoxy) is 3. The molecule has 0 radical (unpaired) electrons. The fourth-order valence-electron chi connectivity index (χ4n) is 3.36. The molecule has 0 atom stereocenters. The predicted molar refractivity (Wildman–Crippen MR) is 106 cm³/mol. The number of rotatable bonds is 5. The zero-order chi connectivity index (χ0) is 18.2. The maximum atomic E-state index is 5.72. The van der Waals surface area contributed by atoms with Crippen molar-refractivity contribution in [1.82, 2.24) is 14.8 Å². The van der Waals surface area contributed by atoms with Gasteiger partial charge in [-0.15, -0.1) is 10.2 Å². The SMILES string of the molecule is Brc1cc2c(cc1CSc1nnc(N3CCOCC3)n1C1CC1)OCCO2. The van der Waals surface area contributed by atoms with Crippen LogP contribution in [0.3, 0.4) is 0 Å². The number of morpholine rings is 1. The fourth-order valence-corrected chi connectivity index (χ4v) is 5.00. The maximum Gasteiger partial charge on any atom is 0.228 e. The van der Waals surface area contributed by atoms with E-state index in [1.807, 2.05) is 6.07 Å². The molecule has 5 rings (SSSR count). The van der Waals surface area contributed by atoms with Crippen LogP contribution in [-0.4, -0.2) is 54.3 Å². The topological polar surface area (TPSA) is 61.6 Å². The summed E-state index contributed by atoms with van der Waals surface area (Å²) in [5, 5.41) is 10.0. The van der Waals surface area contributed by atoms with Crippen LogP contribution in [-0.2, 0) is 10.5 Å². The second kappa shape index (κ2) is 7.52. The van der Waals surface area contributed by atoms with E-state index in [4.69, 9.17) is 14.2 Å². The van der Waals surface area contributed by atoms with Gasteiger partial charge in [0, 0.05) is 29.4 Å². The molecule has 9 heteroatoms. The lowest BCUT2D eigenvalue weighted by molar-refractivity contribution is 0.121. The average Bonchev–Trinajstić information content (AvgIpc) is 3.46. The summed E-state index contributed by atoms with van der Waals surface area (Å²) in [6.07, 6.45) is 2.41. The normalized spacial score (nSPS) is 19.4. The summed E-state index contributed by atoms with van der Waals surface area (Å²) in [4.78, 5) is 2.29. The Bertz CT molecular complexity index is 836. The minimum atomic E-state index is 0.532.